The molecule has 0 aliphatic rings. The molecule has 4 aromatic carbocycles. The lowest BCUT2D eigenvalue weighted by Crippen LogP contribution is -2.36. The predicted molar refractivity (Wildman–Crippen MR) is 168 cm³/mol. The lowest BCUT2D eigenvalue weighted by molar-refractivity contribution is 0.0992. The molecule has 0 saturated heterocycles. The number of carbonyl (C=O) groups is 1. The molecule has 0 bridgehead atoms. The normalized spacial score (nSPS) is 12.5. The van der Waals surface area contributed by atoms with Crippen LogP contribution in [-0.4, -0.2) is 27.9 Å². The second-order valence-electron chi connectivity index (χ2n) is 11.4. The van der Waals surface area contributed by atoms with E-state index in [0.29, 0.717) is 10.9 Å². The average Bonchev–Trinajstić information content (AvgIpc) is 3.39. The Morgan fingerprint density at radius 2 is 1.36 bits per heavy atom. The van der Waals surface area contributed by atoms with Gasteiger partial charge in [-0.3, -0.25) is 4.79 Å². The first-order valence-corrected chi connectivity index (χ1v) is 16.4. The lowest BCUT2D eigenvalue weighted by atomic mass is 9.80. The summed E-state index contributed by atoms with van der Waals surface area (Å²) in [5.74, 6) is -0.566. The summed E-state index contributed by atoms with van der Waals surface area (Å²) in [6.45, 7) is 6.48. The highest BCUT2D eigenvalue weighted by molar-refractivity contribution is 7.90. The minimum atomic E-state index is -4.19. The van der Waals surface area contributed by atoms with E-state index in [1.807, 2.05) is 84.9 Å². The van der Waals surface area contributed by atoms with Crippen LogP contribution in [0.4, 0.5) is 0 Å². The fourth-order valence-corrected chi connectivity index (χ4v) is 7.82. The summed E-state index contributed by atoms with van der Waals surface area (Å²) < 4.78 is 36.4. The van der Waals surface area contributed by atoms with Crippen LogP contribution in [0.5, 0.6) is 0 Å². The summed E-state index contributed by atoms with van der Waals surface area (Å²) in [4.78, 5) is 13.2. The van der Waals surface area contributed by atoms with E-state index in [9.17, 15) is 18.5 Å². The maximum atomic E-state index is 14.1. The third kappa shape index (κ3) is 5.47. The van der Waals surface area contributed by atoms with Crippen LogP contribution in [0.15, 0.2) is 120 Å². The molecular weight excluding hydrogens is 561 g/mol. The fourth-order valence-electron chi connectivity index (χ4n) is 5.13. The minimum Gasteiger partial charge on any atom is -0.406 e. The van der Waals surface area contributed by atoms with Gasteiger partial charge in [0.05, 0.1) is 16.5 Å². The predicted octanol–water partition coefficient (Wildman–Crippen LogP) is 6.59. The van der Waals surface area contributed by atoms with Crippen LogP contribution in [0, 0.1) is 11.3 Å². The summed E-state index contributed by atoms with van der Waals surface area (Å²) >= 11 is 0. The van der Waals surface area contributed by atoms with Crippen molar-refractivity contribution in [3.05, 3.63) is 138 Å². The molecule has 0 aliphatic heterocycles. The number of fused-ring (bicyclic) bond motifs is 1. The molecule has 5 aromatic rings. The molecule has 0 unspecified atom stereocenters. The molecule has 0 atom stereocenters. The van der Waals surface area contributed by atoms with E-state index in [1.54, 1.807) is 24.3 Å². The Hall–Kier alpha value is -4.29. The van der Waals surface area contributed by atoms with Crippen molar-refractivity contribution in [2.45, 2.75) is 42.7 Å². The number of carbonyl (C=O) groups excluding carboxylic acids is 1. The van der Waals surface area contributed by atoms with Crippen LogP contribution in [0.2, 0.25) is 5.04 Å². The number of rotatable bonds is 9. The summed E-state index contributed by atoms with van der Waals surface area (Å²) in [5, 5.41) is 9.81. The number of nitriles is 1. The molecule has 8 heteroatoms. The fraction of sp³-hybridized carbons (Fsp3) is 0.176. The number of ketones is 1. The molecule has 1 heterocycles. The average molecular weight is 593 g/mol. The molecule has 0 amide bonds. The Balaban J connectivity index is 1.86. The van der Waals surface area contributed by atoms with Gasteiger partial charge in [0, 0.05) is 5.39 Å². The monoisotopic (exact) mass is 592 g/mol. The van der Waals surface area contributed by atoms with Crippen LogP contribution < -0.4 is 0 Å². The topological polar surface area (TPSA) is 89.2 Å². The van der Waals surface area contributed by atoms with E-state index < -0.39 is 37.6 Å². The zero-order chi connectivity index (χ0) is 30.0. The Morgan fingerprint density at radius 1 is 0.810 bits per heavy atom. The van der Waals surface area contributed by atoms with Crippen molar-refractivity contribution in [2.75, 3.05) is 0 Å². The number of hydrogen-bond acceptors (Lipinski definition) is 5. The molecule has 0 fully saturated rings. The van der Waals surface area contributed by atoms with Gasteiger partial charge in [-0.15, -0.1) is 0 Å². The molecular formula is C34H32N2O4SSi. The smallest absolute Gasteiger partial charge is 0.268 e. The molecule has 0 saturated carbocycles. The standard InChI is InChI=1S/C34H32N2O4SSi/c1-33(2,3)42-40-34(26-13-7-4-8-14-26,27-15-9-5-10-16-27)28-20-19-25-23-31(32(37)21-22-35)36(30(25)24-28)41(38,39)29-17-11-6-12-18-29/h4-20,23-24H,21,42H2,1-3H3. The maximum absolute atomic E-state index is 14.1. The van der Waals surface area contributed by atoms with Crippen molar-refractivity contribution in [2.24, 2.45) is 0 Å². The van der Waals surface area contributed by atoms with E-state index in [0.717, 1.165) is 20.7 Å². The van der Waals surface area contributed by atoms with E-state index in [1.165, 1.54) is 12.1 Å². The van der Waals surface area contributed by atoms with Crippen LogP contribution in [0.1, 0.15) is 54.4 Å². The van der Waals surface area contributed by atoms with E-state index in [2.05, 4.69) is 20.8 Å². The van der Waals surface area contributed by atoms with Gasteiger partial charge in [0.2, 0.25) is 0 Å². The molecule has 5 rings (SSSR count). The minimum absolute atomic E-state index is 0.0351. The summed E-state index contributed by atoms with van der Waals surface area (Å²) in [6, 6.07) is 36.9. The van der Waals surface area contributed by atoms with Gasteiger partial charge in [0.15, 0.2) is 15.5 Å². The zero-order valence-electron chi connectivity index (χ0n) is 23.8. The zero-order valence-corrected chi connectivity index (χ0v) is 26.1. The number of hydrogen-bond donors (Lipinski definition) is 0. The van der Waals surface area contributed by atoms with Crippen LogP contribution in [0.25, 0.3) is 10.9 Å². The number of nitrogens with zero attached hydrogens (tertiary/aromatic N) is 2. The lowest BCUT2D eigenvalue weighted by Gasteiger charge is -2.38. The van der Waals surface area contributed by atoms with Gasteiger partial charge in [-0.05, 0) is 46.0 Å². The molecule has 42 heavy (non-hydrogen) atoms. The van der Waals surface area contributed by atoms with E-state index in [-0.39, 0.29) is 15.6 Å². The van der Waals surface area contributed by atoms with Crippen molar-refractivity contribution in [1.29, 1.82) is 5.26 Å². The van der Waals surface area contributed by atoms with E-state index in [4.69, 9.17) is 4.43 Å². The molecule has 0 N–H and O–H groups in total. The second-order valence-corrected chi connectivity index (χ2v) is 15.9. The highest BCUT2D eigenvalue weighted by Gasteiger charge is 2.39. The van der Waals surface area contributed by atoms with Gasteiger partial charge in [-0.25, -0.2) is 12.4 Å². The molecule has 0 spiro atoms. The number of aromatic nitrogens is 1. The molecule has 0 radical (unpaired) electrons. The van der Waals surface area contributed by atoms with Crippen molar-refractivity contribution in [1.82, 2.24) is 3.97 Å². The Bertz CT molecular complexity index is 1830. The van der Waals surface area contributed by atoms with Crippen LogP contribution in [-0.2, 0) is 20.1 Å². The second kappa shape index (κ2) is 11.5. The van der Waals surface area contributed by atoms with Gasteiger partial charge >= 0.3 is 0 Å². The third-order valence-corrected chi connectivity index (χ3v) is 10.2. The quantitative estimate of drug-likeness (QED) is 0.110. The first-order chi connectivity index (χ1) is 20.1. The van der Waals surface area contributed by atoms with Crippen molar-refractivity contribution in [3.63, 3.8) is 0 Å². The first kappa shape index (κ1) is 29.2. The Morgan fingerprint density at radius 3 is 1.88 bits per heavy atom. The van der Waals surface area contributed by atoms with Gasteiger partial charge < -0.3 is 4.43 Å². The van der Waals surface area contributed by atoms with E-state index >= 15 is 0 Å². The van der Waals surface area contributed by atoms with Crippen molar-refractivity contribution in [3.8, 4) is 6.07 Å². The Labute approximate surface area is 249 Å². The van der Waals surface area contributed by atoms with Crippen molar-refractivity contribution < 1.29 is 17.6 Å². The van der Waals surface area contributed by atoms with Crippen molar-refractivity contribution >= 4 is 36.5 Å². The molecule has 6 nitrogen and oxygen atoms in total. The van der Waals surface area contributed by atoms with Crippen LogP contribution in [0.3, 0.4) is 0 Å². The van der Waals surface area contributed by atoms with Gasteiger partial charge in [0.25, 0.3) is 10.0 Å². The van der Waals surface area contributed by atoms with Gasteiger partial charge in [0.1, 0.15) is 17.7 Å². The largest absolute Gasteiger partial charge is 0.406 e. The molecule has 0 aliphatic carbocycles. The number of Topliss-reactive ketones (excluding diaryl/α,β-unsaturated/α-hetero) is 1. The molecule has 1 aromatic heterocycles. The highest BCUT2D eigenvalue weighted by Crippen LogP contribution is 2.43. The Kier molecular flexibility index (Phi) is 8.02. The third-order valence-electron chi connectivity index (χ3n) is 7.06. The van der Waals surface area contributed by atoms with Gasteiger partial charge in [-0.2, -0.15) is 5.26 Å². The summed E-state index contributed by atoms with van der Waals surface area (Å²) in [7, 11) is -5.34. The number of benzene rings is 4. The molecule has 212 valence electrons. The maximum Gasteiger partial charge on any atom is 0.268 e. The highest BCUT2D eigenvalue weighted by atomic mass is 32.2. The SMILES string of the molecule is CC(C)(C)[SiH2]OC(c1ccccc1)(c1ccccc1)c1ccc2cc(C(=O)CC#N)n(S(=O)(=O)c3ccccc3)c2c1. The first-order valence-electron chi connectivity index (χ1n) is 13.7. The summed E-state index contributed by atoms with van der Waals surface area (Å²) in [6.07, 6.45) is -0.439. The van der Waals surface area contributed by atoms with Crippen LogP contribution >= 0.6 is 0 Å². The van der Waals surface area contributed by atoms with Gasteiger partial charge in [-0.1, -0.05) is 112 Å². The summed E-state index contributed by atoms with van der Waals surface area (Å²) in [5.41, 5.74) is 1.83.